The highest BCUT2D eigenvalue weighted by Crippen LogP contribution is 2.32. The average molecular weight is 302 g/mol. The molecule has 1 aromatic carbocycles. The smallest absolute Gasteiger partial charge is 0.329 e. The normalized spacial score (nSPS) is 15.7. The lowest BCUT2D eigenvalue weighted by atomic mass is 10.2. The van der Waals surface area contributed by atoms with Gasteiger partial charge in [-0.2, -0.15) is 0 Å². The number of para-hydroxylation sites is 1. The number of nitrogens with zero attached hydrogens (tertiary/aromatic N) is 1. The van der Waals surface area contributed by atoms with E-state index in [9.17, 15) is 14.4 Å². The number of H-pyrrole nitrogens is 1. The number of nitrogens with one attached hydrogen (secondary N) is 2. The molecule has 0 radical (unpaired) electrons. The molecule has 2 aromatic rings. The molecule has 0 aliphatic heterocycles. The van der Waals surface area contributed by atoms with Crippen molar-refractivity contribution in [3.05, 3.63) is 45.1 Å². The van der Waals surface area contributed by atoms with E-state index in [4.69, 9.17) is 5.73 Å². The zero-order valence-corrected chi connectivity index (χ0v) is 12.0. The number of fused-ring (bicyclic) bond motifs is 1. The summed E-state index contributed by atoms with van der Waals surface area (Å²) in [4.78, 5) is 39.0. The van der Waals surface area contributed by atoms with Gasteiger partial charge in [0.1, 0.15) is 6.54 Å². The summed E-state index contributed by atoms with van der Waals surface area (Å²) in [6, 6.07) is 6.64. The number of hydrogen-bond donors (Lipinski definition) is 3. The zero-order chi connectivity index (χ0) is 15.7. The second-order valence-corrected chi connectivity index (χ2v) is 5.61. The van der Waals surface area contributed by atoms with E-state index >= 15 is 0 Å². The van der Waals surface area contributed by atoms with Crippen molar-refractivity contribution in [1.82, 2.24) is 14.9 Å². The Labute approximate surface area is 126 Å². The molecule has 1 atom stereocenters. The molecule has 1 heterocycles. The van der Waals surface area contributed by atoms with Crippen molar-refractivity contribution in [3.63, 3.8) is 0 Å². The first-order chi connectivity index (χ1) is 10.6. The Morgan fingerprint density at radius 1 is 1.36 bits per heavy atom. The van der Waals surface area contributed by atoms with E-state index < -0.39 is 11.2 Å². The van der Waals surface area contributed by atoms with Crippen molar-refractivity contribution in [3.8, 4) is 0 Å². The standard InChI is InChI=1S/C15H18N4O3/c16-7-12(9-5-6-9)17-13(20)8-19-14(21)10-3-1-2-4-11(10)18-15(19)22/h1-4,9,12H,5-8,16H2,(H,17,20)(H,18,22). The van der Waals surface area contributed by atoms with Gasteiger partial charge in [0.05, 0.1) is 10.9 Å². The molecule has 0 spiro atoms. The molecular formula is C15H18N4O3. The number of hydrogen-bond acceptors (Lipinski definition) is 4. The molecule has 1 saturated carbocycles. The average Bonchev–Trinajstić information content (AvgIpc) is 3.34. The number of nitrogens with two attached hydrogens (primary N) is 1. The number of rotatable bonds is 5. The van der Waals surface area contributed by atoms with Crippen LogP contribution in [0.1, 0.15) is 12.8 Å². The Morgan fingerprint density at radius 3 is 2.77 bits per heavy atom. The molecule has 22 heavy (non-hydrogen) atoms. The molecule has 0 bridgehead atoms. The molecule has 1 unspecified atom stereocenters. The third kappa shape index (κ3) is 2.80. The van der Waals surface area contributed by atoms with Crippen molar-refractivity contribution in [2.45, 2.75) is 25.4 Å². The van der Waals surface area contributed by atoms with E-state index in [0.29, 0.717) is 23.4 Å². The van der Waals surface area contributed by atoms with Crippen LogP contribution in [-0.4, -0.2) is 28.0 Å². The quantitative estimate of drug-likeness (QED) is 0.694. The van der Waals surface area contributed by atoms with E-state index in [1.807, 2.05) is 0 Å². The lowest BCUT2D eigenvalue weighted by Crippen LogP contribution is -2.46. The van der Waals surface area contributed by atoms with Crippen LogP contribution in [-0.2, 0) is 11.3 Å². The molecule has 1 aliphatic carbocycles. The maximum atomic E-state index is 12.3. The van der Waals surface area contributed by atoms with Crippen LogP contribution in [0.4, 0.5) is 0 Å². The fourth-order valence-electron chi connectivity index (χ4n) is 2.61. The summed E-state index contributed by atoms with van der Waals surface area (Å²) < 4.78 is 0.915. The van der Waals surface area contributed by atoms with Gasteiger partial charge in [0.25, 0.3) is 5.56 Å². The van der Waals surface area contributed by atoms with Crippen LogP contribution in [0, 0.1) is 5.92 Å². The molecule has 0 saturated heterocycles. The Morgan fingerprint density at radius 2 is 2.09 bits per heavy atom. The molecule has 7 nitrogen and oxygen atoms in total. The maximum Gasteiger partial charge on any atom is 0.329 e. The van der Waals surface area contributed by atoms with Crippen LogP contribution in [0.25, 0.3) is 10.9 Å². The summed E-state index contributed by atoms with van der Waals surface area (Å²) in [7, 11) is 0. The minimum atomic E-state index is -0.588. The zero-order valence-electron chi connectivity index (χ0n) is 12.0. The second-order valence-electron chi connectivity index (χ2n) is 5.61. The van der Waals surface area contributed by atoms with E-state index in [-0.39, 0.29) is 18.5 Å². The predicted molar refractivity (Wildman–Crippen MR) is 82.5 cm³/mol. The highest BCUT2D eigenvalue weighted by molar-refractivity contribution is 5.79. The van der Waals surface area contributed by atoms with Gasteiger partial charge in [-0.05, 0) is 30.9 Å². The van der Waals surface area contributed by atoms with Gasteiger partial charge in [0.15, 0.2) is 0 Å². The fourth-order valence-corrected chi connectivity index (χ4v) is 2.61. The Kier molecular flexibility index (Phi) is 3.81. The topological polar surface area (TPSA) is 110 Å². The number of aromatic amines is 1. The Bertz CT molecular complexity index is 819. The van der Waals surface area contributed by atoms with E-state index in [2.05, 4.69) is 10.3 Å². The largest absolute Gasteiger partial charge is 0.350 e. The molecular weight excluding hydrogens is 284 g/mol. The fraction of sp³-hybridized carbons (Fsp3) is 0.400. The number of carbonyl (C=O) groups excluding carboxylic acids is 1. The van der Waals surface area contributed by atoms with Crippen LogP contribution >= 0.6 is 0 Å². The minimum Gasteiger partial charge on any atom is -0.350 e. The first-order valence-electron chi connectivity index (χ1n) is 7.31. The monoisotopic (exact) mass is 302 g/mol. The number of benzene rings is 1. The summed E-state index contributed by atoms with van der Waals surface area (Å²) in [6.45, 7) is 0.0571. The molecule has 1 aromatic heterocycles. The molecule has 1 aliphatic rings. The third-order valence-electron chi connectivity index (χ3n) is 3.98. The molecule has 4 N–H and O–H groups in total. The van der Waals surface area contributed by atoms with Gasteiger partial charge >= 0.3 is 5.69 Å². The van der Waals surface area contributed by atoms with E-state index in [1.54, 1.807) is 24.3 Å². The molecule has 7 heteroatoms. The van der Waals surface area contributed by atoms with Gasteiger partial charge in [-0.1, -0.05) is 12.1 Å². The van der Waals surface area contributed by atoms with Crippen molar-refractivity contribution in [1.29, 1.82) is 0 Å². The summed E-state index contributed by atoms with van der Waals surface area (Å²) in [5, 5.41) is 3.19. The lowest BCUT2D eigenvalue weighted by molar-refractivity contribution is -0.122. The van der Waals surface area contributed by atoms with Gasteiger partial charge in [0, 0.05) is 12.6 Å². The van der Waals surface area contributed by atoms with Gasteiger partial charge in [-0.3, -0.25) is 14.2 Å². The Hall–Kier alpha value is -2.41. The van der Waals surface area contributed by atoms with Crippen LogP contribution in [0.5, 0.6) is 0 Å². The van der Waals surface area contributed by atoms with E-state index in [0.717, 1.165) is 17.4 Å². The van der Waals surface area contributed by atoms with Crippen LogP contribution in [0.15, 0.2) is 33.9 Å². The summed E-state index contributed by atoms with van der Waals surface area (Å²) >= 11 is 0. The number of amides is 1. The summed E-state index contributed by atoms with van der Waals surface area (Å²) in [5.41, 5.74) is 5.05. The summed E-state index contributed by atoms with van der Waals surface area (Å²) in [6.07, 6.45) is 2.11. The van der Waals surface area contributed by atoms with Crippen LogP contribution in [0.2, 0.25) is 0 Å². The highest BCUT2D eigenvalue weighted by atomic mass is 16.2. The van der Waals surface area contributed by atoms with Gasteiger partial charge in [-0.15, -0.1) is 0 Å². The predicted octanol–water partition coefficient (Wildman–Crippen LogP) is -0.457. The first-order valence-corrected chi connectivity index (χ1v) is 7.31. The SMILES string of the molecule is NCC(NC(=O)Cn1c(=O)[nH]c2ccccc2c1=O)C1CC1. The molecule has 116 valence electrons. The van der Waals surface area contributed by atoms with Crippen molar-refractivity contribution >= 4 is 16.8 Å². The number of carbonyl (C=O) groups is 1. The van der Waals surface area contributed by atoms with Gasteiger partial charge in [-0.25, -0.2) is 4.79 Å². The van der Waals surface area contributed by atoms with Crippen LogP contribution < -0.4 is 22.3 Å². The maximum absolute atomic E-state index is 12.3. The van der Waals surface area contributed by atoms with Gasteiger partial charge in [0.2, 0.25) is 5.91 Å². The van der Waals surface area contributed by atoms with Crippen molar-refractivity contribution < 1.29 is 4.79 Å². The van der Waals surface area contributed by atoms with Crippen LogP contribution in [0.3, 0.4) is 0 Å². The lowest BCUT2D eigenvalue weighted by Gasteiger charge is -2.16. The number of aromatic nitrogens is 2. The molecule has 3 rings (SSSR count). The third-order valence-corrected chi connectivity index (χ3v) is 3.98. The minimum absolute atomic E-state index is 0.0808. The van der Waals surface area contributed by atoms with Crippen molar-refractivity contribution in [2.75, 3.05) is 6.54 Å². The second kappa shape index (κ2) is 5.76. The Balaban J connectivity index is 1.85. The molecule has 1 fully saturated rings. The summed E-state index contributed by atoms with van der Waals surface area (Å²) in [5.74, 6) is 0.0470. The highest BCUT2D eigenvalue weighted by Gasteiger charge is 2.31. The van der Waals surface area contributed by atoms with Gasteiger partial charge < -0.3 is 16.0 Å². The first kappa shape index (κ1) is 14.5. The van der Waals surface area contributed by atoms with Crippen molar-refractivity contribution in [2.24, 2.45) is 11.7 Å². The van der Waals surface area contributed by atoms with E-state index in [1.165, 1.54) is 0 Å². The molecule has 1 amide bonds.